The number of hydrogen-bond acceptors (Lipinski definition) is 0. The van der Waals surface area contributed by atoms with Crippen LogP contribution in [0.3, 0.4) is 0 Å². The van der Waals surface area contributed by atoms with E-state index < -0.39 is 0 Å². The van der Waals surface area contributed by atoms with Gasteiger partial charge in [0.05, 0.1) is 4.47 Å². The van der Waals surface area contributed by atoms with Gasteiger partial charge in [-0.15, -0.1) is 0 Å². The Morgan fingerprint density at radius 1 is 1.05 bits per heavy atom. The molecule has 0 aliphatic heterocycles. The normalized spacial score (nSPS) is 11.1. The number of halogens is 3. The third kappa shape index (κ3) is 2.47. The fraction of sp³-hybridized carbons (Fsp3) is 0.0667. The first-order valence-corrected chi connectivity index (χ1v) is 7.41. The Labute approximate surface area is 127 Å². The molecule has 4 heteroatoms. The van der Waals surface area contributed by atoms with E-state index in [9.17, 15) is 4.39 Å². The molecule has 1 nitrogen and oxygen atoms in total. The van der Waals surface area contributed by atoms with Crippen LogP contribution in [0.15, 0.2) is 57.6 Å². The molecule has 96 valence electrons. The minimum Gasteiger partial charge on any atom is -0.343 e. The minimum absolute atomic E-state index is 0.227. The highest BCUT2D eigenvalue weighted by molar-refractivity contribution is 9.10. The first-order chi connectivity index (χ1) is 9.15. The highest BCUT2D eigenvalue weighted by Crippen LogP contribution is 2.25. The van der Waals surface area contributed by atoms with Gasteiger partial charge >= 0.3 is 0 Å². The van der Waals surface area contributed by atoms with Crippen LogP contribution in [-0.2, 0) is 6.54 Å². The predicted octanol–water partition coefficient (Wildman–Crippen LogP) is 5.35. The summed E-state index contributed by atoms with van der Waals surface area (Å²) < 4.78 is 17.2. The lowest BCUT2D eigenvalue weighted by Crippen LogP contribution is -1.99. The minimum atomic E-state index is -0.227. The quantitative estimate of drug-likeness (QED) is 0.562. The lowest BCUT2D eigenvalue weighted by Gasteiger charge is -2.08. The zero-order chi connectivity index (χ0) is 13.4. The Morgan fingerprint density at radius 2 is 1.89 bits per heavy atom. The maximum Gasteiger partial charge on any atom is 0.137 e. The van der Waals surface area contributed by atoms with Crippen LogP contribution in [0.1, 0.15) is 5.56 Å². The monoisotopic (exact) mass is 381 g/mol. The van der Waals surface area contributed by atoms with Gasteiger partial charge in [-0.05, 0) is 51.1 Å². The van der Waals surface area contributed by atoms with Gasteiger partial charge in [0.25, 0.3) is 0 Å². The first kappa shape index (κ1) is 12.9. The molecule has 1 heterocycles. The number of hydrogen-bond donors (Lipinski definition) is 0. The van der Waals surface area contributed by atoms with Gasteiger partial charge in [0.2, 0.25) is 0 Å². The zero-order valence-electron chi connectivity index (χ0n) is 9.91. The van der Waals surface area contributed by atoms with Crippen LogP contribution in [0.4, 0.5) is 4.39 Å². The molecule has 0 spiro atoms. The fourth-order valence-corrected chi connectivity index (χ4v) is 2.89. The van der Waals surface area contributed by atoms with E-state index in [1.54, 1.807) is 6.07 Å². The van der Waals surface area contributed by atoms with Crippen LogP contribution < -0.4 is 0 Å². The summed E-state index contributed by atoms with van der Waals surface area (Å²) in [4.78, 5) is 0. The molecule has 2 aromatic carbocycles. The van der Waals surface area contributed by atoms with Crippen molar-refractivity contribution in [1.82, 2.24) is 4.57 Å². The lowest BCUT2D eigenvalue weighted by molar-refractivity contribution is 0.616. The summed E-state index contributed by atoms with van der Waals surface area (Å²) in [6, 6.07) is 13.3. The molecule has 0 aliphatic rings. The van der Waals surface area contributed by atoms with Crippen molar-refractivity contribution in [2.24, 2.45) is 0 Å². The number of rotatable bonds is 2. The third-order valence-corrected chi connectivity index (χ3v) is 4.49. The summed E-state index contributed by atoms with van der Waals surface area (Å²) >= 11 is 6.79. The predicted molar refractivity (Wildman–Crippen MR) is 82.8 cm³/mol. The first-order valence-electron chi connectivity index (χ1n) is 5.82. The Balaban J connectivity index is 2.06. The maximum absolute atomic E-state index is 13.5. The van der Waals surface area contributed by atoms with Crippen LogP contribution in [0.2, 0.25) is 0 Å². The second-order valence-corrected chi connectivity index (χ2v) is 6.07. The van der Waals surface area contributed by atoms with Crippen molar-refractivity contribution in [1.29, 1.82) is 0 Å². The van der Waals surface area contributed by atoms with Crippen molar-refractivity contribution in [2.45, 2.75) is 6.54 Å². The number of fused-ring (bicyclic) bond motifs is 1. The molecule has 3 rings (SSSR count). The molecule has 0 bridgehead atoms. The highest BCUT2D eigenvalue weighted by atomic mass is 79.9. The Bertz CT molecular complexity index is 749. The van der Waals surface area contributed by atoms with E-state index in [4.69, 9.17) is 0 Å². The maximum atomic E-state index is 13.5. The average Bonchev–Trinajstić information content (AvgIpc) is 2.78. The van der Waals surface area contributed by atoms with Crippen LogP contribution in [0.25, 0.3) is 10.9 Å². The Morgan fingerprint density at radius 3 is 2.74 bits per heavy atom. The molecule has 0 unspecified atom stereocenters. The molecule has 0 radical (unpaired) electrons. The summed E-state index contributed by atoms with van der Waals surface area (Å²) in [5.74, 6) is -0.227. The number of benzene rings is 2. The average molecular weight is 383 g/mol. The molecule has 0 fully saturated rings. The SMILES string of the molecule is Fc1cccc(Cn2ccc3ccc(Br)cc32)c1Br. The van der Waals surface area contributed by atoms with E-state index in [0.29, 0.717) is 11.0 Å². The van der Waals surface area contributed by atoms with Gasteiger partial charge in [-0.2, -0.15) is 0 Å². The molecule has 0 saturated heterocycles. The van der Waals surface area contributed by atoms with E-state index in [2.05, 4.69) is 54.6 Å². The van der Waals surface area contributed by atoms with Crippen LogP contribution >= 0.6 is 31.9 Å². The molecule has 1 aromatic heterocycles. The van der Waals surface area contributed by atoms with E-state index in [0.717, 1.165) is 15.6 Å². The van der Waals surface area contributed by atoms with Gasteiger partial charge < -0.3 is 4.57 Å². The Kier molecular flexibility index (Phi) is 3.46. The summed E-state index contributed by atoms with van der Waals surface area (Å²) in [7, 11) is 0. The van der Waals surface area contributed by atoms with Gasteiger partial charge in [0.1, 0.15) is 5.82 Å². The molecule has 19 heavy (non-hydrogen) atoms. The molecular weight excluding hydrogens is 373 g/mol. The summed E-state index contributed by atoms with van der Waals surface area (Å²) in [6.45, 7) is 0.637. The molecule has 3 aromatic rings. The van der Waals surface area contributed by atoms with Crippen LogP contribution in [0.5, 0.6) is 0 Å². The standard InChI is InChI=1S/C15H10Br2FN/c16-12-5-4-10-6-7-19(14(10)8-12)9-11-2-1-3-13(18)15(11)17/h1-8H,9H2. The zero-order valence-corrected chi connectivity index (χ0v) is 13.1. The topological polar surface area (TPSA) is 4.93 Å². The van der Waals surface area contributed by atoms with Gasteiger partial charge in [0, 0.05) is 22.7 Å². The summed E-state index contributed by atoms with van der Waals surface area (Å²) in [6.07, 6.45) is 2.02. The summed E-state index contributed by atoms with van der Waals surface area (Å²) in [5, 5.41) is 1.18. The molecular formula is C15H10Br2FN. The smallest absolute Gasteiger partial charge is 0.137 e. The van der Waals surface area contributed by atoms with Crippen molar-refractivity contribution in [3.8, 4) is 0 Å². The fourth-order valence-electron chi connectivity index (χ4n) is 2.15. The second-order valence-electron chi connectivity index (χ2n) is 4.36. The van der Waals surface area contributed by atoms with Gasteiger partial charge in [-0.25, -0.2) is 4.39 Å². The van der Waals surface area contributed by atoms with E-state index in [1.807, 2.05) is 18.3 Å². The molecule has 0 N–H and O–H groups in total. The lowest BCUT2D eigenvalue weighted by atomic mass is 10.2. The molecule has 0 saturated carbocycles. The van der Waals surface area contributed by atoms with E-state index >= 15 is 0 Å². The number of aromatic nitrogens is 1. The van der Waals surface area contributed by atoms with E-state index in [1.165, 1.54) is 11.5 Å². The second kappa shape index (κ2) is 5.10. The molecule has 0 aliphatic carbocycles. The van der Waals surface area contributed by atoms with Gasteiger partial charge in [-0.3, -0.25) is 0 Å². The van der Waals surface area contributed by atoms with E-state index in [-0.39, 0.29) is 5.82 Å². The van der Waals surface area contributed by atoms with Crippen molar-refractivity contribution in [3.05, 3.63) is 69.0 Å². The van der Waals surface area contributed by atoms with Crippen molar-refractivity contribution in [3.63, 3.8) is 0 Å². The third-order valence-electron chi connectivity index (χ3n) is 3.11. The molecule has 0 amide bonds. The van der Waals surface area contributed by atoms with Crippen molar-refractivity contribution >= 4 is 42.8 Å². The summed E-state index contributed by atoms with van der Waals surface area (Å²) in [5.41, 5.74) is 2.06. The van der Waals surface area contributed by atoms with Crippen molar-refractivity contribution < 1.29 is 4.39 Å². The molecule has 0 atom stereocenters. The van der Waals surface area contributed by atoms with Gasteiger partial charge in [0.15, 0.2) is 0 Å². The highest BCUT2D eigenvalue weighted by Gasteiger charge is 2.07. The van der Waals surface area contributed by atoms with Crippen LogP contribution in [-0.4, -0.2) is 4.57 Å². The largest absolute Gasteiger partial charge is 0.343 e. The van der Waals surface area contributed by atoms with Crippen LogP contribution in [0, 0.1) is 5.82 Å². The van der Waals surface area contributed by atoms with Gasteiger partial charge in [-0.1, -0.05) is 34.1 Å². The Hall–Kier alpha value is -1.13. The number of nitrogens with zero attached hydrogens (tertiary/aromatic N) is 1. The van der Waals surface area contributed by atoms with Crippen molar-refractivity contribution in [2.75, 3.05) is 0 Å².